The summed E-state index contributed by atoms with van der Waals surface area (Å²) in [6.07, 6.45) is 2.71. The highest BCUT2D eigenvalue weighted by Gasteiger charge is 2.15. The molecule has 6 heteroatoms. The second-order valence-corrected chi connectivity index (χ2v) is 3.58. The first-order chi connectivity index (χ1) is 8.97. The zero-order chi connectivity index (χ0) is 14.4. The Bertz CT molecular complexity index is 497. The molecule has 0 aliphatic rings. The number of amides is 1. The first-order valence-electron chi connectivity index (χ1n) is 5.40. The molecule has 0 spiro atoms. The molecular weight excluding hydrogens is 250 g/mol. The van der Waals surface area contributed by atoms with Gasteiger partial charge in [0.25, 0.3) is 0 Å². The fourth-order valence-corrected chi connectivity index (χ4v) is 1.42. The van der Waals surface area contributed by atoms with Crippen LogP contribution in [0.3, 0.4) is 0 Å². The van der Waals surface area contributed by atoms with Crippen LogP contribution in [-0.4, -0.2) is 26.1 Å². The van der Waals surface area contributed by atoms with Gasteiger partial charge >= 0.3 is 5.97 Å². The molecule has 1 amide bonds. The van der Waals surface area contributed by atoms with E-state index >= 15 is 0 Å². The molecule has 0 radical (unpaired) electrons. The fourth-order valence-electron chi connectivity index (χ4n) is 1.42. The SMILES string of the molecule is COc1cc(C=CC(N)=O)cc(OC)c1OC(C)=O. The van der Waals surface area contributed by atoms with E-state index in [9.17, 15) is 9.59 Å². The van der Waals surface area contributed by atoms with Crippen molar-refractivity contribution in [3.8, 4) is 17.2 Å². The molecule has 1 rings (SSSR count). The van der Waals surface area contributed by atoms with Crippen molar-refractivity contribution in [2.24, 2.45) is 5.73 Å². The molecule has 102 valence electrons. The average Bonchev–Trinajstić information content (AvgIpc) is 2.36. The van der Waals surface area contributed by atoms with Gasteiger partial charge in [0.15, 0.2) is 11.5 Å². The molecular formula is C13H15NO5. The molecule has 1 aromatic rings. The maximum atomic E-state index is 11.0. The van der Waals surface area contributed by atoms with Crippen LogP contribution < -0.4 is 19.9 Å². The lowest BCUT2D eigenvalue weighted by Crippen LogP contribution is -2.06. The van der Waals surface area contributed by atoms with Gasteiger partial charge in [0.1, 0.15) is 0 Å². The number of ether oxygens (including phenoxy) is 3. The van der Waals surface area contributed by atoms with Crippen molar-refractivity contribution in [2.45, 2.75) is 6.92 Å². The number of nitrogens with two attached hydrogens (primary N) is 1. The predicted molar refractivity (Wildman–Crippen MR) is 69.1 cm³/mol. The Morgan fingerprint density at radius 1 is 1.16 bits per heavy atom. The van der Waals surface area contributed by atoms with E-state index in [1.807, 2.05) is 0 Å². The van der Waals surface area contributed by atoms with Crippen LogP contribution in [0.1, 0.15) is 12.5 Å². The highest BCUT2D eigenvalue weighted by Crippen LogP contribution is 2.38. The number of hydrogen-bond acceptors (Lipinski definition) is 5. The minimum atomic E-state index is -0.568. The molecule has 0 aromatic heterocycles. The van der Waals surface area contributed by atoms with E-state index in [1.165, 1.54) is 33.3 Å². The Morgan fingerprint density at radius 2 is 1.68 bits per heavy atom. The third kappa shape index (κ3) is 4.02. The quantitative estimate of drug-likeness (QED) is 0.490. The summed E-state index contributed by atoms with van der Waals surface area (Å²) in [6, 6.07) is 3.19. The van der Waals surface area contributed by atoms with Crippen molar-refractivity contribution in [1.29, 1.82) is 0 Å². The Hall–Kier alpha value is -2.50. The lowest BCUT2D eigenvalue weighted by Gasteiger charge is -2.13. The summed E-state index contributed by atoms with van der Waals surface area (Å²) in [7, 11) is 2.87. The minimum Gasteiger partial charge on any atom is -0.493 e. The van der Waals surface area contributed by atoms with E-state index in [-0.39, 0.29) is 5.75 Å². The Morgan fingerprint density at radius 3 is 2.05 bits per heavy atom. The summed E-state index contributed by atoms with van der Waals surface area (Å²) in [5, 5.41) is 0. The van der Waals surface area contributed by atoms with Gasteiger partial charge in [-0.3, -0.25) is 9.59 Å². The van der Waals surface area contributed by atoms with Crippen molar-refractivity contribution >= 4 is 18.0 Å². The molecule has 6 nitrogen and oxygen atoms in total. The zero-order valence-corrected chi connectivity index (χ0v) is 10.9. The lowest BCUT2D eigenvalue weighted by molar-refractivity contribution is -0.132. The third-order valence-corrected chi connectivity index (χ3v) is 2.17. The molecule has 0 fully saturated rings. The van der Waals surface area contributed by atoms with Crippen molar-refractivity contribution in [3.05, 3.63) is 23.8 Å². The molecule has 0 atom stereocenters. The van der Waals surface area contributed by atoms with Gasteiger partial charge in [-0.25, -0.2) is 0 Å². The van der Waals surface area contributed by atoms with Crippen molar-refractivity contribution in [2.75, 3.05) is 14.2 Å². The van der Waals surface area contributed by atoms with Crippen molar-refractivity contribution < 1.29 is 23.8 Å². The highest BCUT2D eigenvalue weighted by molar-refractivity contribution is 5.90. The van der Waals surface area contributed by atoms with Gasteiger partial charge in [-0.1, -0.05) is 0 Å². The summed E-state index contributed by atoms with van der Waals surface area (Å²) >= 11 is 0. The summed E-state index contributed by atoms with van der Waals surface area (Å²) < 4.78 is 15.3. The monoisotopic (exact) mass is 265 g/mol. The molecule has 0 saturated heterocycles. The van der Waals surface area contributed by atoms with E-state index in [1.54, 1.807) is 12.1 Å². The molecule has 0 saturated carbocycles. The number of carbonyl (C=O) groups is 2. The smallest absolute Gasteiger partial charge is 0.308 e. The van der Waals surface area contributed by atoms with Gasteiger partial charge in [0.05, 0.1) is 14.2 Å². The van der Waals surface area contributed by atoms with Gasteiger partial charge in [-0.05, 0) is 23.8 Å². The highest BCUT2D eigenvalue weighted by atomic mass is 16.6. The molecule has 0 unspecified atom stereocenters. The molecule has 19 heavy (non-hydrogen) atoms. The fraction of sp³-hybridized carbons (Fsp3) is 0.231. The number of rotatable bonds is 5. The maximum absolute atomic E-state index is 11.0. The maximum Gasteiger partial charge on any atom is 0.308 e. The summed E-state index contributed by atoms with van der Waals surface area (Å²) in [6.45, 7) is 1.28. The van der Waals surface area contributed by atoms with Gasteiger partial charge in [-0.2, -0.15) is 0 Å². The molecule has 1 aromatic carbocycles. The van der Waals surface area contributed by atoms with E-state index in [0.29, 0.717) is 17.1 Å². The topological polar surface area (TPSA) is 87.8 Å². The van der Waals surface area contributed by atoms with Crippen molar-refractivity contribution in [3.63, 3.8) is 0 Å². The number of hydrogen-bond donors (Lipinski definition) is 1. The van der Waals surface area contributed by atoms with Crippen molar-refractivity contribution in [1.82, 2.24) is 0 Å². The number of esters is 1. The van der Waals surface area contributed by atoms with Crippen LogP contribution in [0.2, 0.25) is 0 Å². The number of methoxy groups -OCH3 is 2. The Kier molecular flexibility index (Phi) is 4.93. The van der Waals surface area contributed by atoms with Crippen LogP contribution in [0.15, 0.2) is 18.2 Å². The molecule has 0 aliphatic heterocycles. The molecule has 0 bridgehead atoms. The molecule has 0 heterocycles. The molecule has 2 N–H and O–H groups in total. The summed E-state index contributed by atoms with van der Waals surface area (Å²) in [5.74, 6) is -0.231. The Labute approximate surface area is 110 Å². The second-order valence-electron chi connectivity index (χ2n) is 3.58. The zero-order valence-electron chi connectivity index (χ0n) is 10.9. The van der Waals surface area contributed by atoms with Crippen LogP contribution in [0.25, 0.3) is 6.08 Å². The molecule has 0 aliphatic carbocycles. The van der Waals surface area contributed by atoms with Crippen LogP contribution in [-0.2, 0) is 9.59 Å². The summed E-state index contributed by atoms with van der Waals surface area (Å²) in [4.78, 5) is 21.7. The van der Waals surface area contributed by atoms with Gasteiger partial charge in [-0.15, -0.1) is 0 Å². The predicted octanol–water partition coefficient (Wildman–Crippen LogP) is 1.13. The van der Waals surface area contributed by atoms with Gasteiger partial charge in [0.2, 0.25) is 11.7 Å². The third-order valence-electron chi connectivity index (χ3n) is 2.17. The first-order valence-corrected chi connectivity index (χ1v) is 5.40. The lowest BCUT2D eigenvalue weighted by atomic mass is 10.1. The van der Waals surface area contributed by atoms with Crippen LogP contribution in [0.5, 0.6) is 17.2 Å². The van der Waals surface area contributed by atoms with Crippen LogP contribution in [0.4, 0.5) is 0 Å². The number of carbonyl (C=O) groups excluding carboxylic acids is 2. The van der Waals surface area contributed by atoms with Crippen LogP contribution in [0, 0.1) is 0 Å². The van der Waals surface area contributed by atoms with E-state index in [4.69, 9.17) is 19.9 Å². The Balaban J connectivity index is 3.26. The summed E-state index contributed by atoms with van der Waals surface area (Å²) in [5.41, 5.74) is 5.65. The largest absolute Gasteiger partial charge is 0.493 e. The van der Waals surface area contributed by atoms with E-state index < -0.39 is 11.9 Å². The number of primary amides is 1. The minimum absolute atomic E-state index is 0.189. The van der Waals surface area contributed by atoms with E-state index in [0.717, 1.165) is 0 Å². The van der Waals surface area contributed by atoms with Crippen LogP contribution >= 0.6 is 0 Å². The van der Waals surface area contributed by atoms with E-state index in [2.05, 4.69) is 0 Å². The average molecular weight is 265 g/mol. The first kappa shape index (κ1) is 14.6. The van der Waals surface area contributed by atoms with Gasteiger partial charge in [0, 0.05) is 13.0 Å². The number of benzene rings is 1. The normalized spacial score (nSPS) is 10.3. The van der Waals surface area contributed by atoms with Gasteiger partial charge < -0.3 is 19.9 Å². The second kappa shape index (κ2) is 6.44. The standard InChI is InChI=1S/C13H15NO5/c1-8(15)19-13-10(17-2)6-9(4-5-12(14)16)7-11(13)18-3/h4-7H,1-3H3,(H2,14,16).